The summed E-state index contributed by atoms with van der Waals surface area (Å²) in [5.41, 5.74) is 4.97. The van der Waals surface area contributed by atoms with Gasteiger partial charge in [0.25, 0.3) is 0 Å². The summed E-state index contributed by atoms with van der Waals surface area (Å²) in [7, 11) is 0. The van der Waals surface area contributed by atoms with Crippen LogP contribution in [0.2, 0.25) is 0 Å². The van der Waals surface area contributed by atoms with Crippen molar-refractivity contribution in [2.45, 2.75) is 64.5 Å². The molecule has 0 unspecified atom stereocenters. The molecule has 0 aliphatic carbocycles. The van der Waals surface area contributed by atoms with Gasteiger partial charge in [0.15, 0.2) is 11.6 Å². The highest BCUT2D eigenvalue weighted by Gasteiger charge is 2.21. The van der Waals surface area contributed by atoms with Crippen molar-refractivity contribution in [3.8, 4) is 17.6 Å². The lowest BCUT2D eigenvalue weighted by molar-refractivity contribution is -0.137. The number of carboxylic acid groups (broad SMARTS) is 1. The van der Waals surface area contributed by atoms with Crippen LogP contribution in [0.15, 0.2) is 18.2 Å². The zero-order chi connectivity index (χ0) is 23.4. The van der Waals surface area contributed by atoms with E-state index in [0.717, 1.165) is 0 Å². The summed E-state index contributed by atoms with van der Waals surface area (Å²) in [6.45, 7) is 5.03. The van der Waals surface area contributed by atoms with E-state index in [1.807, 2.05) is 0 Å². The number of unbranched alkanes of at least 4 members (excludes halogenated alkanes) is 1. The van der Waals surface area contributed by atoms with Gasteiger partial charge in [-0.15, -0.1) is 0 Å². The van der Waals surface area contributed by atoms with Crippen molar-refractivity contribution >= 4 is 18.0 Å². The topological polar surface area (TPSA) is 128 Å². The van der Waals surface area contributed by atoms with Crippen LogP contribution in [-0.2, 0) is 14.3 Å². The molecule has 0 fully saturated rings. The summed E-state index contributed by atoms with van der Waals surface area (Å²) in [5, 5.41) is 11.2. The van der Waals surface area contributed by atoms with Crippen LogP contribution in [0.3, 0.4) is 0 Å². The largest absolute Gasteiger partial charge is 0.488 e. The molecule has 0 bridgehead atoms. The van der Waals surface area contributed by atoms with Crippen LogP contribution >= 0.6 is 0 Å². The average Bonchev–Trinajstić information content (AvgIpc) is 2.63. The number of nitrogens with one attached hydrogen (secondary N) is 1. The fraction of sp³-hybridized carbons (Fsp3) is 0.500. The van der Waals surface area contributed by atoms with E-state index in [1.54, 1.807) is 20.8 Å². The smallest absolute Gasteiger partial charge is 0.407 e. The maximum absolute atomic E-state index is 14.1. The first-order valence-corrected chi connectivity index (χ1v) is 9.87. The zero-order valence-electron chi connectivity index (χ0n) is 18.0. The van der Waals surface area contributed by atoms with Crippen molar-refractivity contribution in [1.29, 1.82) is 0 Å². The van der Waals surface area contributed by atoms with E-state index in [4.69, 9.17) is 20.3 Å². The lowest BCUT2D eigenvalue weighted by atomic mass is 10.1. The van der Waals surface area contributed by atoms with Crippen molar-refractivity contribution < 1.29 is 33.4 Å². The monoisotopic (exact) mass is 436 g/mol. The molecule has 0 saturated heterocycles. The second-order valence-corrected chi connectivity index (χ2v) is 7.85. The lowest BCUT2D eigenvalue weighted by Gasteiger charge is -2.23. The molecule has 1 aromatic carbocycles. The van der Waals surface area contributed by atoms with E-state index in [-0.39, 0.29) is 31.6 Å². The van der Waals surface area contributed by atoms with E-state index in [9.17, 15) is 18.8 Å². The molecule has 0 aromatic heterocycles. The minimum Gasteiger partial charge on any atom is -0.488 e. The highest BCUT2D eigenvalue weighted by molar-refractivity contribution is 5.74. The summed E-state index contributed by atoms with van der Waals surface area (Å²) in [5.74, 6) is 3.57. The Hall–Kier alpha value is -3.28. The van der Waals surface area contributed by atoms with Gasteiger partial charge >= 0.3 is 12.1 Å². The molecule has 4 N–H and O–H groups in total. The lowest BCUT2D eigenvalue weighted by Crippen LogP contribution is -2.42. The Balaban J connectivity index is 2.77. The van der Waals surface area contributed by atoms with Gasteiger partial charge in [0.2, 0.25) is 5.91 Å². The number of halogens is 1. The van der Waals surface area contributed by atoms with Gasteiger partial charge in [-0.25, -0.2) is 9.18 Å². The summed E-state index contributed by atoms with van der Waals surface area (Å²) in [6, 6.07) is 3.47. The molecular formula is C22H29FN2O6. The molecule has 0 aliphatic heterocycles. The average molecular weight is 436 g/mol. The summed E-state index contributed by atoms with van der Waals surface area (Å²) in [6.07, 6.45) is 0.364. The predicted molar refractivity (Wildman–Crippen MR) is 112 cm³/mol. The molecule has 0 saturated carbocycles. The standard InChI is InChI=1S/C22H29FN2O6/c1-22(2,3)31-21(29)25-16(10-12-19(24)26)14-30-18-13-15(9-11-17(18)23)7-5-4-6-8-20(27)28/h9,11,13,16H,4,6,8,10,12,14H2,1-3H3,(H2,24,26)(H,25,29)(H,27,28)/t16-/m0/s1. The Morgan fingerprint density at radius 2 is 1.97 bits per heavy atom. The van der Waals surface area contributed by atoms with Crippen LogP contribution in [0.4, 0.5) is 9.18 Å². The van der Waals surface area contributed by atoms with Crippen LogP contribution in [0.5, 0.6) is 5.75 Å². The van der Waals surface area contributed by atoms with Crippen LogP contribution in [0.1, 0.15) is 58.4 Å². The molecule has 1 rings (SSSR count). The number of ether oxygens (including phenoxy) is 2. The van der Waals surface area contributed by atoms with Gasteiger partial charge in [0.1, 0.15) is 12.2 Å². The molecule has 8 nitrogen and oxygen atoms in total. The molecule has 170 valence electrons. The molecule has 9 heteroatoms. The summed E-state index contributed by atoms with van der Waals surface area (Å²) < 4.78 is 24.8. The van der Waals surface area contributed by atoms with E-state index in [1.165, 1.54) is 18.2 Å². The fourth-order valence-electron chi connectivity index (χ4n) is 2.36. The van der Waals surface area contributed by atoms with Crippen LogP contribution < -0.4 is 15.8 Å². The van der Waals surface area contributed by atoms with E-state index in [2.05, 4.69) is 17.2 Å². The van der Waals surface area contributed by atoms with Crippen LogP contribution in [-0.4, -0.2) is 41.3 Å². The minimum absolute atomic E-state index is 0.00810. The molecule has 31 heavy (non-hydrogen) atoms. The number of carbonyl (C=O) groups excluding carboxylic acids is 2. The Kier molecular flexibility index (Phi) is 10.3. The minimum atomic E-state index is -0.884. The normalized spacial score (nSPS) is 11.6. The number of carboxylic acids is 1. The predicted octanol–water partition coefficient (Wildman–Crippen LogP) is 2.97. The van der Waals surface area contributed by atoms with E-state index < -0.39 is 35.4 Å². The SMILES string of the molecule is CC(C)(C)OC(=O)N[C@@H](CCC(N)=O)COc1cc(C#CCCCC(=O)O)ccc1F. The first kappa shape index (κ1) is 25.8. The van der Waals surface area contributed by atoms with Crippen molar-refractivity contribution in [3.05, 3.63) is 29.6 Å². The molecular weight excluding hydrogens is 407 g/mol. The molecule has 0 heterocycles. The highest BCUT2D eigenvalue weighted by atomic mass is 19.1. The van der Waals surface area contributed by atoms with Gasteiger partial charge in [-0.3, -0.25) is 9.59 Å². The maximum atomic E-state index is 14.1. The second-order valence-electron chi connectivity index (χ2n) is 7.85. The van der Waals surface area contributed by atoms with Crippen LogP contribution in [0.25, 0.3) is 0 Å². The number of nitrogens with two attached hydrogens (primary N) is 1. The number of carbonyl (C=O) groups is 3. The molecule has 0 aliphatic rings. The number of hydrogen-bond acceptors (Lipinski definition) is 5. The maximum Gasteiger partial charge on any atom is 0.407 e. The number of benzene rings is 1. The third-order valence-corrected chi connectivity index (χ3v) is 3.76. The first-order chi connectivity index (χ1) is 14.5. The number of aliphatic carboxylic acids is 1. The van der Waals surface area contributed by atoms with Gasteiger partial charge in [-0.05, 0) is 51.8 Å². The zero-order valence-corrected chi connectivity index (χ0v) is 18.0. The Morgan fingerprint density at radius 3 is 2.58 bits per heavy atom. The van der Waals surface area contributed by atoms with E-state index >= 15 is 0 Å². The quantitative estimate of drug-likeness (QED) is 0.382. The van der Waals surface area contributed by atoms with Gasteiger partial charge in [0.05, 0.1) is 6.04 Å². The van der Waals surface area contributed by atoms with Crippen molar-refractivity contribution in [2.24, 2.45) is 5.73 Å². The first-order valence-electron chi connectivity index (χ1n) is 9.87. The van der Waals surface area contributed by atoms with Crippen LogP contribution in [0, 0.1) is 17.7 Å². The number of alkyl carbamates (subject to hydrolysis) is 1. The van der Waals surface area contributed by atoms with Crippen molar-refractivity contribution in [1.82, 2.24) is 5.32 Å². The number of amides is 2. The highest BCUT2D eigenvalue weighted by Crippen LogP contribution is 2.19. The molecule has 1 aromatic rings. The molecule has 2 amide bonds. The van der Waals surface area contributed by atoms with Gasteiger partial charge in [0, 0.05) is 24.8 Å². The molecule has 0 spiro atoms. The Morgan fingerprint density at radius 1 is 1.26 bits per heavy atom. The Bertz CT molecular complexity index is 839. The number of hydrogen-bond donors (Lipinski definition) is 3. The van der Waals surface area contributed by atoms with E-state index in [0.29, 0.717) is 18.4 Å². The van der Waals surface area contributed by atoms with Gasteiger partial charge < -0.3 is 25.6 Å². The van der Waals surface area contributed by atoms with Gasteiger partial charge in [-0.2, -0.15) is 0 Å². The summed E-state index contributed by atoms with van der Waals surface area (Å²) in [4.78, 5) is 33.6. The second kappa shape index (κ2) is 12.4. The van der Waals surface area contributed by atoms with Crippen molar-refractivity contribution in [2.75, 3.05) is 6.61 Å². The van der Waals surface area contributed by atoms with Gasteiger partial charge in [-0.1, -0.05) is 11.8 Å². The summed E-state index contributed by atoms with van der Waals surface area (Å²) >= 11 is 0. The third-order valence-electron chi connectivity index (χ3n) is 3.76. The third kappa shape index (κ3) is 12.1. The number of rotatable bonds is 10. The number of primary amides is 1. The molecule has 1 atom stereocenters. The molecule has 0 radical (unpaired) electrons. The van der Waals surface area contributed by atoms with Crippen molar-refractivity contribution in [3.63, 3.8) is 0 Å². The fourth-order valence-corrected chi connectivity index (χ4v) is 2.36. The Labute approximate surface area is 181 Å².